The van der Waals surface area contributed by atoms with Crippen LogP contribution in [0.4, 0.5) is 17.6 Å². The molecule has 0 aliphatic heterocycles. The fraction of sp³-hybridized carbons (Fsp3) is 0.222. The van der Waals surface area contributed by atoms with Crippen molar-refractivity contribution in [3.8, 4) is 17.2 Å². The van der Waals surface area contributed by atoms with E-state index < -0.39 is 10.0 Å². The number of thiol groups is 1. The van der Waals surface area contributed by atoms with Crippen LogP contribution in [0.1, 0.15) is 5.56 Å². The predicted octanol–water partition coefficient (Wildman–Crippen LogP) is 3.63. The molecule has 0 spiro atoms. The number of nitrogens with zero attached hydrogens (tertiary/aromatic N) is 2. The summed E-state index contributed by atoms with van der Waals surface area (Å²) >= 11 is 10.2. The van der Waals surface area contributed by atoms with E-state index in [0.717, 1.165) is 0 Å². The zero-order chi connectivity index (χ0) is 22.8. The third-order valence-corrected chi connectivity index (χ3v) is 6.49. The topological polar surface area (TPSA) is 127 Å². The largest absolute Gasteiger partial charge is 0.493 e. The quantitative estimate of drug-likeness (QED) is 0.356. The molecule has 1 aromatic heterocycles. The fourth-order valence-corrected chi connectivity index (χ4v) is 4.63. The highest BCUT2D eigenvalue weighted by Crippen LogP contribution is 2.43. The molecule has 0 fully saturated rings. The van der Waals surface area contributed by atoms with Crippen LogP contribution in [-0.2, 0) is 10.0 Å². The third-order valence-electron chi connectivity index (χ3n) is 4.20. The van der Waals surface area contributed by atoms with Crippen molar-refractivity contribution in [1.29, 1.82) is 0 Å². The Bertz CT molecular complexity index is 1220. The Morgan fingerprint density at radius 1 is 1.10 bits per heavy atom. The molecule has 13 heteroatoms. The lowest BCUT2D eigenvalue weighted by Gasteiger charge is -2.15. The number of aryl methyl sites for hydroxylation is 1. The maximum Gasteiger partial charge on any atom is 0.265 e. The molecular formula is C18H20ClN5O5S2. The number of ether oxygens (including phenoxy) is 3. The first kappa shape index (κ1) is 22.8. The van der Waals surface area contributed by atoms with Gasteiger partial charge in [-0.05, 0) is 36.8 Å². The van der Waals surface area contributed by atoms with E-state index in [1.54, 1.807) is 19.1 Å². The molecule has 0 aliphatic carbocycles. The summed E-state index contributed by atoms with van der Waals surface area (Å²) in [4.78, 5) is 4.27. The Morgan fingerprint density at radius 3 is 2.45 bits per heavy atom. The summed E-state index contributed by atoms with van der Waals surface area (Å²) in [6, 6.07) is 6.26. The van der Waals surface area contributed by atoms with Crippen LogP contribution in [0.5, 0.6) is 17.2 Å². The van der Waals surface area contributed by atoms with Crippen molar-refractivity contribution in [3.63, 3.8) is 0 Å². The lowest BCUT2D eigenvalue weighted by Crippen LogP contribution is -2.15. The number of sulfonamides is 1. The molecule has 31 heavy (non-hydrogen) atoms. The van der Waals surface area contributed by atoms with Crippen molar-refractivity contribution in [2.75, 3.05) is 31.4 Å². The Balaban J connectivity index is 1.85. The van der Waals surface area contributed by atoms with Crippen LogP contribution in [-0.4, -0.2) is 44.9 Å². The van der Waals surface area contributed by atoms with Crippen LogP contribution < -0.4 is 24.2 Å². The number of H-pyrrole nitrogens is 1. The number of hydrogen-bond donors (Lipinski definition) is 4. The van der Waals surface area contributed by atoms with Gasteiger partial charge in [-0.15, -0.1) is 17.7 Å². The number of halogens is 1. The summed E-state index contributed by atoms with van der Waals surface area (Å²) in [5.74, 6) is 1.24. The molecule has 0 radical (unpaired) electrons. The minimum Gasteiger partial charge on any atom is -0.493 e. The molecule has 0 saturated carbocycles. The molecule has 3 aromatic rings. The average molecular weight is 486 g/mol. The normalized spacial score (nSPS) is 11.2. The van der Waals surface area contributed by atoms with Gasteiger partial charge < -0.3 is 19.5 Å². The summed E-state index contributed by atoms with van der Waals surface area (Å²) in [5, 5.41) is 9.88. The highest BCUT2D eigenvalue weighted by atomic mass is 35.5. The van der Waals surface area contributed by atoms with E-state index >= 15 is 0 Å². The maximum atomic E-state index is 12.7. The molecule has 0 aliphatic rings. The van der Waals surface area contributed by atoms with Gasteiger partial charge in [0.15, 0.2) is 11.5 Å². The zero-order valence-electron chi connectivity index (χ0n) is 17.0. The van der Waals surface area contributed by atoms with Gasteiger partial charge in [0.25, 0.3) is 16.0 Å². The molecular weight excluding hydrogens is 466 g/mol. The van der Waals surface area contributed by atoms with Gasteiger partial charge in [0, 0.05) is 9.92 Å². The highest BCUT2D eigenvalue weighted by Gasteiger charge is 2.22. The highest BCUT2D eigenvalue weighted by molar-refractivity contribution is 7.93. The van der Waals surface area contributed by atoms with E-state index in [0.29, 0.717) is 33.5 Å². The van der Waals surface area contributed by atoms with Crippen LogP contribution in [0, 0.1) is 6.92 Å². The summed E-state index contributed by atoms with van der Waals surface area (Å²) in [6.07, 6.45) is 0. The monoisotopic (exact) mass is 485 g/mol. The summed E-state index contributed by atoms with van der Waals surface area (Å²) < 4.78 is 43.8. The fourth-order valence-electron chi connectivity index (χ4n) is 2.73. The smallest absolute Gasteiger partial charge is 0.265 e. The van der Waals surface area contributed by atoms with Crippen molar-refractivity contribution < 1.29 is 22.6 Å². The van der Waals surface area contributed by atoms with Gasteiger partial charge in [0.05, 0.1) is 27.0 Å². The third kappa shape index (κ3) is 4.75. The van der Waals surface area contributed by atoms with Gasteiger partial charge in [-0.2, -0.15) is 4.98 Å². The second-order valence-electron chi connectivity index (χ2n) is 6.19. The number of hydrogen-bond acceptors (Lipinski definition) is 9. The molecule has 0 unspecified atom stereocenters. The molecule has 2 aromatic carbocycles. The second-order valence-corrected chi connectivity index (χ2v) is 8.73. The molecule has 1 heterocycles. The Hall–Kier alpha value is -2.83. The first-order valence-electron chi connectivity index (χ1n) is 8.70. The number of nitrogens with one attached hydrogen (secondary N) is 3. The van der Waals surface area contributed by atoms with Gasteiger partial charge in [0.1, 0.15) is 4.90 Å². The van der Waals surface area contributed by atoms with Gasteiger partial charge in [-0.25, -0.2) is 18.2 Å². The molecule has 0 saturated heterocycles. The number of benzene rings is 2. The number of anilines is 3. The summed E-state index contributed by atoms with van der Waals surface area (Å²) in [6.45, 7) is 1.69. The molecule has 3 rings (SSSR count). The predicted molar refractivity (Wildman–Crippen MR) is 120 cm³/mol. The lowest BCUT2D eigenvalue weighted by molar-refractivity contribution is 0.325. The first-order valence-corrected chi connectivity index (χ1v) is 11.0. The van der Waals surface area contributed by atoms with Crippen molar-refractivity contribution in [3.05, 3.63) is 34.9 Å². The SMILES string of the molecule is COc1ccc(Nc2nc(NS(=O)(=O)c3cc(C)c(Cl)cc3S)n[nH]2)c(OC)c1OC. The van der Waals surface area contributed by atoms with E-state index in [9.17, 15) is 8.42 Å². The number of aromatic amines is 1. The van der Waals surface area contributed by atoms with Gasteiger partial charge >= 0.3 is 0 Å². The Labute approximate surface area is 189 Å². The minimum absolute atomic E-state index is 0.0430. The van der Waals surface area contributed by atoms with Crippen molar-refractivity contribution >= 4 is 51.8 Å². The zero-order valence-corrected chi connectivity index (χ0v) is 19.4. The van der Waals surface area contributed by atoms with Gasteiger partial charge in [0.2, 0.25) is 11.7 Å². The number of rotatable bonds is 8. The average Bonchev–Trinajstić information content (AvgIpc) is 3.15. The Kier molecular flexibility index (Phi) is 6.72. The van der Waals surface area contributed by atoms with E-state index in [2.05, 4.69) is 37.8 Å². The van der Waals surface area contributed by atoms with Gasteiger partial charge in [-0.3, -0.25) is 0 Å². The second kappa shape index (κ2) is 9.12. The van der Waals surface area contributed by atoms with Crippen molar-refractivity contribution in [1.82, 2.24) is 15.2 Å². The molecule has 0 bridgehead atoms. The van der Waals surface area contributed by atoms with Crippen LogP contribution in [0.15, 0.2) is 34.1 Å². The van der Waals surface area contributed by atoms with E-state index in [-0.39, 0.29) is 21.7 Å². The van der Waals surface area contributed by atoms with E-state index in [1.807, 2.05) is 0 Å². The first-order chi connectivity index (χ1) is 14.7. The van der Waals surface area contributed by atoms with Crippen LogP contribution in [0.25, 0.3) is 0 Å². The Morgan fingerprint density at radius 2 is 1.81 bits per heavy atom. The van der Waals surface area contributed by atoms with Crippen molar-refractivity contribution in [2.24, 2.45) is 0 Å². The lowest BCUT2D eigenvalue weighted by atomic mass is 10.2. The van der Waals surface area contributed by atoms with Crippen LogP contribution >= 0.6 is 24.2 Å². The molecule has 166 valence electrons. The summed E-state index contributed by atoms with van der Waals surface area (Å²) in [5.41, 5.74) is 1.09. The van der Waals surface area contributed by atoms with Gasteiger partial charge in [-0.1, -0.05) is 11.6 Å². The molecule has 0 atom stereocenters. The van der Waals surface area contributed by atoms with Crippen LogP contribution in [0.3, 0.4) is 0 Å². The van der Waals surface area contributed by atoms with Crippen LogP contribution in [0.2, 0.25) is 5.02 Å². The van der Waals surface area contributed by atoms with Crippen molar-refractivity contribution in [2.45, 2.75) is 16.7 Å². The maximum absolute atomic E-state index is 12.7. The molecule has 3 N–H and O–H groups in total. The molecule has 10 nitrogen and oxygen atoms in total. The standard InChI is InChI=1S/C18H20ClN5O5S2/c1-9-7-14(13(30)8-10(9)19)31(25,26)24-18-21-17(22-23-18)20-11-5-6-12(27-2)16(29-4)15(11)28-3/h5-8,30H,1-4H3,(H3,20,21,22,23,24). The number of methoxy groups -OCH3 is 3. The summed E-state index contributed by atoms with van der Waals surface area (Å²) in [7, 11) is 0.481. The number of aromatic nitrogens is 3. The van der Waals surface area contributed by atoms with E-state index in [4.69, 9.17) is 25.8 Å². The van der Waals surface area contributed by atoms with E-state index in [1.165, 1.54) is 33.5 Å². The minimum atomic E-state index is -3.99. The molecule has 0 amide bonds.